The number of benzene rings is 1. The average molecular weight is 290 g/mol. The number of carbonyl (C=O) groups is 2. The first kappa shape index (κ1) is 17.4. The van der Waals surface area contributed by atoms with Gasteiger partial charge in [-0.2, -0.15) is 0 Å². The molecule has 0 saturated heterocycles. The molecule has 0 aliphatic rings. The molecule has 0 fully saturated rings. The predicted octanol–water partition coefficient (Wildman–Crippen LogP) is 2.33. The zero-order valence-electron chi connectivity index (χ0n) is 13.7. The van der Waals surface area contributed by atoms with Crippen molar-refractivity contribution >= 4 is 11.7 Å². The number of nitrogens with one attached hydrogen (secondary N) is 1. The van der Waals surface area contributed by atoms with Crippen LogP contribution in [0.4, 0.5) is 0 Å². The molecule has 0 aromatic heterocycles. The highest BCUT2D eigenvalue weighted by molar-refractivity contribution is 6.00. The first-order chi connectivity index (χ1) is 9.86. The van der Waals surface area contributed by atoms with Crippen LogP contribution in [0.2, 0.25) is 0 Å². The molecule has 1 N–H and O–H groups in total. The monoisotopic (exact) mass is 290 g/mol. The SMILES string of the molecule is CCCNC(=O)CN(C)C(C)C(=O)c1ccc(C)c(C)c1. The zero-order chi connectivity index (χ0) is 16.0. The zero-order valence-corrected chi connectivity index (χ0v) is 13.7. The van der Waals surface area contributed by atoms with Gasteiger partial charge in [0.2, 0.25) is 5.91 Å². The van der Waals surface area contributed by atoms with E-state index >= 15 is 0 Å². The van der Waals surface area contributed by atoms with Crippen LogP contribution in [0.1, 0.15) is 41.8 Å². The van der Waals surface area contributed by atoms with E-state index in [4.69, 9.17) is 0 Å². The molecule has 0 saturated carbocycles. The molecule has 0 radical (unpaired) electrons. The van der Waals surface area contributed by atoms with Crippen LogP contribution in [-0.4, -0.2) is 42.8 Å². The normalized spacial score (nSPS) is 12.3. The highest BCUT2D eigenvalue weighted by atomic mass is 16.2. The third-order valence-electron chi connectivity index (χ3n) is 3.80. The summed E-state index contributed by atoms with van der Waals surface area (Å²) in [6, 6.07) is 5.41. The smallest absolute Gasteiger partial charge is 0.234 e. The van der Waals surface area contributed by atoms with E-state index in [-0.39, 0.29) is 24.3 Å². The molecule has 0 aliphatic heterocycles. The van der Waals surface area contributed by atoms with E-state index in [1.165, 1.54) is 5.56 Å². The van der Waals surface area contributed by atoms with E-state index < -0.39 is 0 Å². The van der Waals surface area contributed by atoms with Gasteiger partial charge < -0.3 is 5.32 Å². The van der Waals surface area contributed by atoms with Gasteiger partial charge in [0, 0.05) is 12.1 Å². The molecule has 1 unspecified atom stereocenters. The largest absolute Gasteiger partial charge is 0.355 e. The molecule has 0 spiro atoms. The maximum atomic E-state index is 12.5. The van der Waals surface area contributed by atoms with E-state index in [1.54, 1.807) is 11.9 Å². The fourth-order valence-corrected chi connectivity index (χ4v) is 2.02. The van der Waals surface area contributed by atoms with Crippen molar-refractivity contribution in [2.45, 2.75) is 40.2 Å². The maximum Gasteiger partial charge on any atom is 0.234 e. The lowest BCUT2D eigenvalue weighted by molar-refractivity contribution is -0.122. The van der Waals surface area contributed by atoms with Crippen molar-refractivity contribution in [2.75, 3.05) is 20.1 Å². The van der Waals surface area contributed by atoms with E-state index in [2.05, 4.69) is 5.32 Å². The number of hydrogen-bond acceptors (Lipinski definition) is 3. The Bertz CT molecular complexity index is 512. The van der Waals surface area contributed by atoms with Crippen LogP contribution in [0.5, 0.6) is 0 Å². The highest BCUT2D eigenvalue weighted by Gasteiger charge is 2.21. The van der Waals surface area contributed by atoms with Crippen molar-refractivity contribution in [3.05, 3.63) is 34.9 Å². The van der Waals surface area contributed by atoms with Crippen LogP contribution in [0.25, 0.3) is 0 Å². The Kier molecular flexibility index (Phi) is 6.56. The van der Waals surface area contributed by atoms with Crippen LogP contribution in [0, 0.1) is 13.8 Å². The molecule has 1 amide bonds. The second kappa shape index (κ2) is 7.93. The molecule has 0 heterocycles. The lowest BCUT2D eigenvalue weighted by Crippen LogP contribution is -2.43. The lowest BCUT2D eigenvalue weighted by atomic mass is 10.00. The van der Waals surface area contributed by atoms with Crippen LogP contribution >= 0.6 is 0 Å². The lowest BCUT2D eigenvalue weighted by Gasteiger charge is -2.23. The molecule has 116 valence electrons. The maximum absolute atomic E-state index is 12.5. The van der Waals surface area contributed by atoms with E-state index in [0.717, 1.165) is 12.0 Å². The Morgan fingerprint density at radius 3 is 2.48 bits per heavy atom. The number of rotatable bonds is 7. The van der Waals surface area contributed by atoms with E-state index in [0.29, 0.717) is 12.1 Å². The Labute approximate surface area is 127 Å². The van der Waals surface area contributed by atoms with E-state index in [9.17, 15) is 9.59 Å². The average Bonchev–Trinajstić information content (AvgIpc) is 2.46. The van der Waals surface area contributed by atoms with Gasteiger partial charge in [-0.3, -0.25) is 14.5 Å². The summed E-state index contributed by atoms with van der Waals surface area (Å²) in [7, 11) is 1.80. The fraction of sp³-hybridized carbons (Fsp3) is 0.529. The first-order valence-electron chi connectivity index (χ1n) is 7.45. The minimum atomic E-state index is -0.320. The van der Waals surface area contributed by atoms with Crippen molar-refractivity contribution in [2.24, 2.45) is 0 Å². The molecule has 0 aliphatic carbocycles. The van der Waals surface area contributed by atoms with Gasteiger partial charge >= 0.3 is 0 Å². The molecule has 1 aromatic carbocycles. The number of likely N-dealkylation sites (N-methyl/N-ethyl adjacent to an activating group) is 1. The van der Waals surface area contributed by atoms with Gasteiger partial charge in [-0.25, -0.2) is 0 Å². The molecule has 1 rings (SSSR count). The molecule has 4 nitrogen and oxygen atoms in total. The van der Waals surface area contributed by atoms with Gasteiger partial charge in [-0.15, -0.1) is 0 Å². The van der Waals surface area contributed by atoms with Gasteiger partial charge in [0.15, 0.2) is 5.78 Å². The van der Waals surface area contributed by atoms with Crippen molar-refractivity contribution in [1.29, 1.82) is 0 Å². The summed E-state index contributed by atoms with van der Waals surface area (Å²) in [4.78, 5) is 26.0. The number of hydrogen-bond donors (Lipinski definition) is 1. The summed E-state index contributed by atoms with van der Waals surface area (Å²) < 4.78 is 0. The molecule has 1 aromatic rings. The summed E-state index contributed by atoms with van der Waals surface area (Å²) in [6.45, 7) is 8.78. The number of aryl methyl sites for hydroxylation is 2. The number of Topliss-reactive ketones (excluding diaryl/α,β-unsaturated/α-hetero) is 1. The number of nitrogens with zero attached hydrogens (tertiary/aromatic N) is 1. The van der Waals surface area contributed by atoms with Crippen molar-refractivity contribution < 1.29 is 9.59 Å². The summed E-state index contributed by atoms with van der Waals surface area (Å²) in [6.07, 6.45) is 0.909. The third kappa shape index (κ3) is 4.97. The minimum Gasteiger partial charge on any atom is -0.355 e. The molecule has 21 heavy (non-hydrogen) atoms. The second-order valence-electron chi connectivity index (χ2n) is 5.60. The quantitative estimate of drug-likeness (QED) is 0.784. The molecule has 0 bridgehead atoms. The van der Waals surface area contributed by atoms with Crippen molar-refractivity contribution in [1.82, 2.24) is 10.2 Å². The van der Waals surface area contributed by atoms with Gasteiger partial charge in [0.25, 0.3) is 0 Å². The van der Waals surface area contributed by atoms with Crippen LogP contribution in [-0.2, 0) is 4.79 Å². The number of carbonyl (C=O) groups excluding carboxylic acids is 2. The first-order valence-corrected chi connectivity index (χ1v) is 7.45. The fourth-order valence-electron chi connectivity index (χ4n) is 2.02. The number of ketones is 1. The van der Waals surface area contributed by atoms with E-state index in [1.807, 2.05) is 45.9 Å². The Balaban J connectivity index is 2.68. The third-order valence-corrected chi connectivity index (χ3v) is 3.80. The van der Waals surface area contributed by atoms with Crippen molar-refractivity contribution in [3.63, 3.8) is 0 Å². The Morgan fingerprint density at radius 2 is 1.90 bits per heavy atom. The molecular formula is C17H26N2O2. The highest BCUT2D eigenvalue weighted by Crippen LogP contribution is 2.13. The second-order valence-corrected chi connectivity index (χ2v) is 5.60. The molecular weight excluding hydrogens is 264 g/mol. The topological polar surface area (TPSA) is 49.4 Å². The standard InChI is InChI=1S/C17H26N2O2/c1-6-9-18-16(20)11-19(5)14(4)17(21)15-8-7-12(2)13(3)10-15/h7-8,10,14H,6,9,11H2,1-5H3,(H,18,20). The van der Waals surface area contributed by atoms with Crippen LogP contribution in [0.15, 0.2) is 18.2 Å². The van der Waals surface area contributed by atoms with Gasteiger partial charge in [0.05, 0.1) is 12.6 Å². The van der Waals surface area contributed by atoms with Crippen LogP contribution < -0.4 is 5.32 Å². The van der Waals surface area contributed by atoms with Crippen molar-refractivity contribution in [3.8, 4) is 0 Å². The Hall–Kier alpha value is -1.68. The van der Waals surface area contributed by atoms with Gasteiger partial charge in [-0.05, 0) is 51.4 Å². The van der Waals surface area contributed by atoms with Gasteiger partial charge in [0.1, 0.15) is 0 Å². The number of amides is 1. The minimum absolute atomic E-state index is 0.0425. The summed E-state index contributed by atoms with van der Waals surface area (Å²) >= 11 is 0. The Morgan fingerprint density at radius 1 is 1.24 bits per heavy atom. The molecule has 4 heteroatoms. The molecule has 1 atom stereocenters. The summed E-state index contributed by atoms with van der Waals surface area (Å²) in [5, 5.41) is 2.82. The van der Waals surface area contributed by atoms with Gasteiger partial charge in [-0.1, -0.05) is 19.1 Å². The summed E-state index contributed by atoms with van der Waals surface area (Å²) in [5.74, 6) is 0.00276. The summed E-state index contributed by atoms with van der Waals surface area (Å²) in [5.41, 5.74) is 2.98. The predicted molar refractivity (Wildman–Crippen MR) is 85.6 cm³/mol. The van der Waals surface area contributed by atoms with Crippen LogP contribution in [0.3, 0.4) is 0 Å².